The third kappa shape index (κ3) is 3.57. The fraction of sp³-hybridized carbons (Fsp3) is 0.263. The van der Waals surface area contributed by atoms with Gasteiger partial charge in [0, 0.05) is 40.8 Å². The monoisotopic (exact) mass is 330 g/mol. The second-order valence-corrected chi connectivity index (χ2v) is 6.06. The summed E-state index contributed by atoms with van der Waals surface area (Å²) in [7, 11) is 0. The predicted molar refractivity (Wildman–Crippen MR) is 91.2 cm³/mol. The predicted octanol–water partition coefficient (Wildman–Crippen LogP) is 3.92. The van der Waals surface area contributed by atoms with Gasteiger partial charge in [-0.3, -0.25) is 0 Å². The highest BCUT2D eigenvalue weighted by Crippen LogP contribution is 2.20. The molecule has 0 radical (unpaired) electrons. The minimum atomic E-state index is -0.710. The third-order valence-corrected chi connectivity index (χ3v) is 4.19. The van der Waals surface area contributed by atoms with Crippen molar-refractivity contribution in [2.45, 2.75) is 25.8 Å². The zero-order valence-corrected chi connectivity index (χ0v) is 13.4. The molecule has 0 aliphatic heterocycles. The van der Waals surface area contributed by atoms with Crippen LogP contribution in [0.25, 0.3) is 10.9 Å². The maximum atomic E-state index is 13.7. The van der Waals surface area contributed by atoms with Crippen LogP contribution in [0.1, 0.15) is 18.1 Å². The lowest BCUT2D eigenvalue weighted by atomic mass is 10.1. The molecule has 3 rings (SSSR count). The lowest BCUT2D eigenvalue weighted by molar-refractivity contribution is 0.454. The van der Waals surface area contributed by atoms with Crippen molar-refractivity contribution in [1.29, 1.82) is 0 Å². The van der Waals surface area contributed by atoms with Gasteiger partial charge in [-0.25, -0.2) is 8.78 Å². The van der Waals surface area contributed by atoms with Crippen molar-refractivity contribution in [2.75, 3.05) is 6.54 Å². The zero-order chi connectivity index (χ0) is 17.1. The number of hydrogen-bond acceptors (Lipinski definition) is 2. The normalized spacial score (nSPS) is 12.6. The molecule has 24 heavy (non-hydrogen) atoms. The minimum absolute atomic E-state index is 0.000376. The van der Waals surface area contributed by atoms with Crippen LogP contribution in [0.4, 0.5) is 8.78 Å². The summed E-state index contributed by atoms with van der Waals surface area (Å²) < 4.78 is 27.4. The van der Waals surface area contributed by atoms with Crippen molar-refractivity contribution < 1.29 is 13.9 Å². The first-order valence-corrected chi connectivity index (χ1v) is 8.00. The van der Waals surface area contributed by atoms with E-state index in [1.54, 1.807) is 0 Å². The van der Waals surface area contributed by atoms with Gasteiger partial charge in [-0.05, 0) is 37.9 Å². The van der Waals surface area contributed by atoms with Gasteiger partial charge in [-0.2, -0.15) is 0 Å². The number of aromatic amines is 1. The highest BCUT2D eigenvalue weighted by molar-refractivity contribution is 5.83. The van der Waals surface area contributed by atoms with Crippen molar-refractivity contribution in [1.82, 2.24) is 10.3 Å². The van der Waals surface area contributed by atoms with Gasteiger partial charge in [-0.15, -0.1) is 0 Å². The van der Waals surface area contributed by atoms with Crippen LogP contribution in [0.3, 0.4) is 0 Å². The quantitative estimate of drug-likeness (QED) is 0.642. The molecule has 0 bridgehead atoms. The average molecular weight is 330 g/mol. The van der Waals surface area contributed by atoms with E-state index in [1.807, 2.05) is 31.3 Å². The zero-order valence-electron chi connectivity index (χ0n) is 13.4. The van der Waals surface area contributed by atoms with Gasteiger partial charge in [0.05, 0.1) is 0 Å². The van der Waals surface area contributed by atoms with Crippen LogP contribution in [0.15, 0.2) is 42.6 Å². The molecule has 2 aromatic carbocycles. The Labute approximate surface area is 139 Å². The van der Waals surface area contributed by atoms with Crippen LogP contribution < -0.4 is 5.32 Å². The number of halogens is 2. The number of H-pyrrole nitrogens is 1. The van der Waals surface area contributed by atoms with Crippen LogP contribution in [0.2, 0.25) is 0 Å². The molecule has 0 fully saturated rings. The van der Waals surface area contributed by atoms with Crippen molar-refractivity contribution >= 4 is 10.9 Å². The van der Waals surface area contributed by atoms with Crippen molar-refractivity contribution in [3.05, 3.63) is 65.4 Å². The Bertz CT molecular complexity index is 821. The van der Waals surface area contributed by atoms with E-state index in [0.717, 1.165) is 24.1 Å². The number of benzene rings is 2. The fourth-order valence-electron chi connectivity index (χ4n) is 2.97. The summed E-state index contributed by atoms with van der Waals surface area (Å²) >= 11 is 0. The molecule has 3 N–H and O–H groups in total. The van der Waals surface area contributed by atoms with E-state index in [9.17, 15) is 8.78 Å². The smallest absolute Gasteiger partial charge is 0.133 e. The Morgan fingerprint density at radius 2 is 1.88 bits per heavy atom. The summed E-state index contributed by atoms with van der Waals surface area (Å²) in [5.74, 6) is -1.81. The maximum absolute atomic E-state index is 13.7. The second-order valence-electron chi connectivity index (χ2n) is 6.06. The highest BCUT2D eigenvalue weighted by atomic mass is 19.1. The average Bonchev–Trinajstić information content (AvgIpc) is 2.93. The first-order valence-electron chi connectivity index (χ1n) is 8.00. The van der Waals surface area contributed by atoms with Crippen LogP contribution in [0.5, 0.6) is 5.75 Å². The second kappa shape index (κ2) is 7.01. The number of hydrogen-bond donors (Lipinski definition) is 3. The van der Waals surface area contributed by atoms with Crippen molar-refractivity contribution in [3.8, 4) is 5.75 Å². The Balaban J connectivity index is 1.57. The molecule has 1 atom stereocenters. The van der Waals surface area contributed by atoms with Gasteiger partial charge in [0.1, 0.15) is 17.4 Å². The Morgan fingerprint density at radius 1 is 1.17 bits per heavy atom. The number of nitrogens with one attached hydrogen (secondary N) is 2. The molecule has 1 heterocycles. The molecule has 0 amide bonds. The molecule has 0 saturated heterocycles. The maximum Gasteiger partial charge on any atom is 0.133 e. The number of phenols is 1. The summed E-state index contributed by atoms with van der Waals surface area (Å²) in [5, 5.41) is 13.7. The van der Waals surface area contributed by atoms with Gasteiger partial charge < -0.3 is 15.4 Å². The van der Waals surface area contributed by atoms with E-state index >= 15 is 0 Å². The Morgan fingerprint density at radius 3 is 2.62 bits per heavy atom. The van der Waals surface area contributed by atoms with Gasteiger partial charge in [-0.1, -0.05) is 18.2 Å². The molecule has 0 spiro atoms. The van der Waals surface area contributed by atoms with E-state index in [-0.39, 0.29) is 18.0 Å². The van der Waals surface area contributed by atoms with Gasteiger partial charge >= 0.3 is 0 Å². The number of phenolic OH excluding ortho intramolecular Hbond substituents is 1. The molecule has 0 saturated carbocycles. The molecule has 3 aromatic rings. The van der Waals surface area contributed by atoms with E-state index in [1.165, 1.54) is 10.9 Å². The number of aromatic nitrogens is 1. The standard InChI is InChI=1S/C19H20F2N2O/c1-12(8-13-11-23-19-5-3-2-4-15(13)19)22-7-6-16-17(20)9-14(24)10-18(16)21/h2-5,9-12,22-24H,6-8H2,1H3. The first-order chi connectivity index (χ1) is 11.5. The van der Waals surface area contributed by atoms with Crippen LogP contribution >= 0.6 is 0 Å². The molecule has 5 heteroatoms. The number of aromatic hydroxyl groups is 1. The van der Waals surface area contributed by atoms with Gasteiger partial charge in [0.15, 0.2) is 0 Å². The Hall–Kier alpha value is -2.40. The topological polar surface area (TPSA) is 48.0 Å². The largest absolute Gasteiger partial charge is 0.508 e. The van der Waals surface area contributed by atoms with Crippen LogP contribution in [0, 0.1) is 11.6 Å². The highest BCUT2D eigenvalue weighted by Gasteiger charge is 2.12. The third-order valence-electron chi connectivity index (χ3n) is 4.19. The summed E-state index contributed by atoms with van der Waals surface area (Å²) in [6, 6.07) is 10.2. The summed E-state index contributed by atoms with van der Waals surface area (Å²) in [6.07, 6.45) is 3.06. The SMILES string of the molecule is CC(Cc1c[nH]c2ccccc12)NCCc1c(F)cc(O)cc1F. The number of fused-ring (bicyclic) bond motifs is 1. The summed E-state index contributed by atoms with van der Waals surface area (Å²) in [4.78, 5) is 3.25. The van der Waals surface area contributed by atoms with Crippen LogP contribution in [-0.4, -0.2) is 22.7 Å². The molecule has 0 aliphatic carbocycles. The molecule has 1 unspecified atom stereocenters. The number of rotatable bonds is 6. The lowest BCUT2D eigenvalue weighted by Gasteiger charge is -2.14. The molecule has 1 aromatic heterocycles. The van der Waals surface area contributed by atoms with Crippen molar-refractivity contribution in [3.63, 3.8) is 0 Å². The molecular formula is C19H20F2N2O. The van der Waals surface area contributed by atoms with Gasteiger partial charge in [0.2, 0.25) is 0 Å². The van der Waals surface area contributed by atoms with Crippen molar-refractivity contribution in [2.24, 2.45) is 0 Å². The van der Waals surface area contributed by atoms with E-state index < -0.39 is 17.4 Å². The number of para-hydroxylation sites is 1. The minimum Gasteiger partial charge on any atom is -0.508 e. The first kappa shape index (κ1) is 16.5. The van der Waals surface area contributed by atoms with E-state index in [0.29, 0.717) is 6.54 Å². The van der Waals surface area contributed by atoms with E-state index in [2.05, 4.69) is 16.4 Å². The Kier molecular flexibility index (Phi) is 4.81. The van der Waals surface area contributed by atoms with E-state index in [4.69, 9.17) is 5.11 Å². The van der Waals surface area contributed by atoms with Gasteiger partial charge in [0.25, 0.3) is 0 Å². The molecule has 0 aliphatic rings. The molecule has 3 nitrogen and oxygen atoms in total. The lowest BCUT2D eigenvalue weighted by Crippen LogP contribution is -2.30. The molecular weight excluding hydrogens is 310 g/mol. The molecule has 126 valence electrons. The summed E-state index contributed by atoms with van der Waals surface area (Å²) in [6.45, 7) is 2.51. The summed E-state index contributed by atoms with van der Waals surface area (Å²) in [5.41, 5.74) is 2.32. The fourth-order valence-corrected chi connectivity index (χ4v) is 2.97. The van der Waals surface area contributed by atoms with Crippen LogP contribution in [-0.2, 0) is 12.8 Å².